The summed E-state index contributed by atoms with van der Waals surface area (Å²) in [6, 6.07) is 0. The summed E-state index contributed by atoms with van der Waals surface area (Å²) in [6.07, 6.45) is -0.298. The van der Waals surface area contributed by atoms with Gasteiger partial charge in [0, 0.05) is 0 Å². The first kappa shape index (κ1) is 8.94. The van der Waals surface area contributed by atoms with Crippen LogP contribution in [0.15, 0.2) is 0 Å². The van der Waals surface area contributed by atoms with Crippen LogP contribution >= 0.6 is 0 Å². The molecule has 0 aromatic heterocycles. The molecule has 1 fully saturated rings. The van der Waals surface area contributed by atoms with Gasteiger partial charge in [0.25, 0.3) is 0 Å². The largest absolute Gasteiger partial charge is 0.390 e. The highest BCUT2D eigenvalue weighted by Gasteiger charge is 2.22. The average Bonchev–Trinajstić information content (AvgIpc) is 2.39. The van der Waals surface area contributed by atoms with E-state index < -0.39 is 12.3 Å². The zero-order valence-electron chi connectivity index (χ0n) is 6.89. The molecule has 66 valence electrons. The molecule has 0 amide bonds. The van der Waals surface area contributed by atoms with Gasteiger partial charge in [0.2, 0.25) is 0 Å². The number of rotatable bonds is 3. The molecule has 3 atom stereocenters. The van der Waals surface area contributed by atoms with Crippen molar-refractivity contribution in [2.45, 2.75) is 32.0 Å². The van der Waals surface area contributed by atoms with Gasteiger partial charge in [0.1, 0.15) is 6.17 Å². The summed E-state index contributed by atoms with van der Waals surface area (Å²) in [7, 11) is 0. The molecule has 0 aliphatic carbocycles. The van der Waals surface area contributed by atoms with Crippen LogP contribution in [0.1, 0.15) is 19.8 Å². The number of aliphatic hydroxyl groups is 1. The molecule has 0 aromatic carbocycles. The first-order valence-corrected chi connectivity index (χ1v) is 4.23. The van der Waals surface area contributed by atoms with Crippen LogP contribution in [-0.4, -0.2) is 30.5 Å². The van der Waals surface area contributed by atoms with Gasteiger partial charge >= 0.3 is 0 Å². The van der Waals surface area contributed by atoms with Crippen LogP contribution in [-0.2, 0) is 0 Å². The fourth-order valence-electron chi connectivity index (χ4n) is 1.43. The lowest BCUT2D eigenvalue weighted by Crippen LogP contribution is -2.22. The Morgan fingerprint density at radius 1 is 1.73 bits per heavy atom. The normalized spacial score (nSPS) is 30.3. The second-order valence-corrected chi connectivity index (χ2v) is 3.35. The minimum absolute atomic E-state index is 0.430. The number of alkyl halides is 1. The Bertz CT molecular complexity index is 113. The minimum Gasteiger partial charge on any atom is -0.390 e. The Morgan fingerprint density at radius 3 is 2.91 bits per heavy atom. The summed E-state index contributed by atoms with van der Waals surface area (Å²) >= 11 is 0. The summed E-state index contributed by atoms with van der Waals surface area (Å²) in [6.45, 7) is 3.41. The van der Waals surface area contributed by atoms with Crippen molar-refractivity contribution in [1.82, 2.24) is 5.32 Å². The van der Waals surface area contributed by atoms with Crippen molar-refractivity contribution < 1.29 is 9.50 Å². The molecule has 0 saturated carbocycles. The van der Waals surface area contributed by atoms with Crippen LogP contribution < -0.4 is 5.32 Å². The van der Waals surface area contributed by atoms with Crippen molar-refractivity contribution in [1.29, 1.82) is 0 Å². The number of hydrogen-bond donors (Lipinski definition) is 2. The Morgan fingerprint density at radius 2 is 2.45 bits per heavy atom. The van der Waals surface area contributed by atoms with Gasteiger partial charge < -0.3 is 10.4 Å². The van der Waals surface area contributed by atoms with Crippen LogP contribution in [0, 0.1) is 5.92 Å². The highest BCUT2D eigenvalue weighted by Crippen LogP contribution is 2.18. The van der Waals surface area contributed by atoms with E-state index in [9.17, 15) is 4.39 Å². The standard InChI is InChI=1S/C8H16FNO/c1-6(11)8(9)4-7-2-3-10-5-7/h6-8,10-11H,2-5H2,1H3. The first-order valence-electron chi connectivity index (χ1n) is 4.23. The van der Waals surface area contributed by atoms with Gasteiger partial charge in [-0.3, -0.25) is 0 Å². The topological polar surface area (TPSA) is 32.3 Å². The van der Waals surface area contributed by atoms with Crippen molar-refractivity contribution in [3.8, 4) is 0 Å². The van der Waals surface area contributed by atoms with Crippen LogP contribution in [0.2, 0.25) is 0 Å². The monoisotopic (exact) mass is 161 g/mol. The van der Waals surface area contributed by atoms with Crippen LogP contribution in [0.4, 0.5) is 4.39 Å². The van der Waals surface area contributed by atoms with Crippen molar-refractivity contribution in [3.05, 3.63) is 0 Å². The summed E-state index contributed by atoms with van der Waals surface area (Å²) in [5, 5.41) is 12.1. The van der Waals surface area contributed by atoms with E-state index in [1.54, 1.807) is 0 Å². The summed E-state index contributed by atoms with van der Waals surface area (Å²) in [5.74, 6) is 0.430. The average molecular weight is 161 g/mol. The van der Waals surface area contributed by atoms with Crippen molar-refractivity contribution >= 4 is 0 Å². The molecular weight excluding hydrogens is 145 g/mol. The van der Waals surface area contributed by atoms with Crippen molar-refractivity contribution in [2.75, 3.05) is 13.1 Å². The Kier molecular flexibility index (Phi) is 3.27. The van der Waals surface area contributed by atoms with Gasteiger partial charge in [-0.2, -0.15) is 0 Å². The molecule has 0 bridgehead atoms. The highest BCUT2D eigenvalue weighted by molar-refractivity contribution is 4.76. The van der Waals surface area contributed by atoms with Gasteiger partial charge in [-0.05, 0) is 38.8 Å². The molecule has 1 aliphatic rings. The molecule has 11 heavy (non-hydrogen) atoms. The Balaban J connectivity index is 2.18. The Labute approximate surface area is 66.8 Å². The number of nitrogens with one attached hydrogen (secondary N) is 1. The third kappa shape index (κ3) is 2.75. The van der Waals surface area contributed by atoms with Gasteiger partial charge in [-0.25, -0.2) is 4.39 Å². The summed E-state index contributed by atoms with van der Waals surface area (Å²) < 4.78 is 12.9. The first-order chi connectivity index (χ1) is 5.20. The summed E-state index contributed by atoms with van der Waals surface area (Å²) in [4.78, 5) is 0. The molecule has 1 aliphatic heterocycles. The lowest BCUT2D eigenvalue weighted by Gasteiger charge is -2.14. The molecule has 3 heteroatoms. The van der Waals surface area contributed by atoms with Gasteiger partial charge in [0.05, 0.1) is 6.10 Å². The lowest BCUT2D eigenvalue weighted by molar-refractivity contribution is 0.0782. The molecule has 2 N–H and O–H groups in total. The molecule has 0 spiro atoms. The number of halogens is 1. The van der Waals surface area contributed by atoms with Crippen LogP contribution in [0.25, 0.3) is 0 Å². The zero-order valence-corrected chi connectivity index (χ0v) is 6.89. The van der Waals surface area contributed by atoms with Gasteiger partial charge in [-0.15, -0.1) is 0 Å². The molecule has 1 saturated heterocycles. The van der Waals surface area contributed by atoms with E-state index >= 15 is 0 Å². The second-order valence-electron chi connectivity index (χ2n) is 3.35. The molecule has 2 nitrogen and oxygen atoms in total. The SMILES string of the molecule is CC(O)C(F)CC1CCNC1. The van der Waals surface area contributed by atoms with Gasteiger partial charge in [-0.1, -0.05) is 0 Å². The summed E-state index contributed by atoms with van der Waals surface area (Å²) in [5.41, 5.74) is 0. The molecule has 3 unspecified atom stereocenters. The maximum Gasteiger partial charge on any atom is 0.126 e. The number of aliphatic hydroxyl groups excluding tert-OH is 1. The number of hydrogen-bond acceptors (Lipinski definition) is 2. The fraction of sp³-hybridized carbons (Fsp3) is 1.00. The van der Waals surface area contributed by atoms with Crippen molar-refractivity contribution in [3.63, 3.8) is 0 Å². The predicted octanol–water partition coefficient (Wildman–Crippen LogP) is 0.705. The molecular formula is C8H16FNO. The van der Waals surface area contributed by atoms with Crippen LogP contribution in [0.3, 0.4) is 0 Å². The quantitative estimate of drug-likeness (QED) is 0.638. The van der Waals surface area contributed by atoms with E-state index in [2.05, 4.69) is 5.32 Å². The minimum atomic E-state index is -1.04. The predicted molar refractivity (Wildman–Crippen MR) is 42.2 cm³/mol. The van der Waals surface area contributed by atoms with Crippen LogP contribution in [0.5, 0.6) is 0 Å². The molecule has 0 aromatic rings. The third-order valence-electron chi connectivity index (χ3n) is 2.24. The Hall–Kier alpha value is -0.150. The van der Waals surface area contributed by atoms with E-state index in [0.29, 0.717) is 12.3 Å². The highest BCUT2D eigenvalue weighted by atomic mass is 19.1. The van der Waals surface area contributed by atoms with E-state index in [-0.39, 0.29) is 0 Å². The maximum absolute atomic E-state index is 12.9. The third-order valence-corrected chi connectivity index (χ3v) is 2.24. The smallest absolute Gasteiger partial charge is 0.126 e. The van der Waals surface area contributed by atoms with Crippen molar-refractivity contribution in [2.24, 2.45) is 5.92 Å². The molecule has 1 rings (SSSR count). The van der Waals surface area contributed by atoms with E-state index in [1.807, 2.05) is 0 Å². The maximum atomic E-state index is 12.9. The van der Waals surface area contributed by atoms with E-state index in [4.69, 9.17) is 5.11 Å². The van der Waals surface area contributed by atoms with E-state index in [0.717, 1.165) is 19.5 Å². The van der Waals surface area contributed by atoms with Gasteiger partial charge in [0.15, 0.2) is 0 Å². The molecule has 1 heterocycles. The zero-order chi connectivity index (χ0) is 8.27. The lowest BCUT2D eigenvalue weighted by atomic mass is 9.99. The van der Waals surface area contributed by atoms with E-state index in [1.165, 1.54) is 6.92 Å². The molecule has 0 radical (unpaired) electrons. The fourth-order valence-corrected chi connectivity index (χ4v) is 1.43. The second kappa shape index (κ2) is 4.02.